The van der Waals surface area contributed by atoms with E-state index < -0.39 is 0 Å². The summed E-state index contributed by atoms with van der Waals surface area (Å²) in [5.41, 5.74) is 3.44. The Balaban J connectivity index is 1.11. The fraction of sp³-hybridized carbons (Fsp3) is 0.308. The number of allylic oxidation sites excluding steroid dienone is 2. The molecule has 1 fully saturated rings. The van der Waals surface area contributed by atoms with Crippen molar-refractivity contribution in [2.75, 3.05) is 19.6 Å². The Morgan fingerprint density at radius 2 is 1.94 bits per heavy atom. The Labute approximate surface area is 187 Å². The van der Waals surface area contributed by atoms with Crippen molar-refractivity contribution in [1.29, 1.82) is 0 Å². The molecule has 0 unspecified atom stereocenters. The molecule has 0 amide bonds. The number of nitrogens with zero attached hydrogens (tertiary/aromatic N) is 3. The zero-order chi connectivity index (χ0) is 21.0. The van der Waals surface area contributed by atoms with E-state index in [-0.39, 0.29) is 11.7 Å². The van der Waals surface area contributed by atoms with E-state index in [0.29, 0.717) is 0 Å². The van der Waals surface area contributed by atoms with Crippen LogP contribution in [-0.2, 0) is 11.2 Å². The van der Waals surface area contributed by atoms with Crippen LogP contribution in [0.4, 0.5) is 0 Å². The highest BCUT2D eigenvalue weighted by Gasteiger charge is 2.23. The van der Waals surface area contributed by atoms with Gasteiger partial charge in [-0.25, -0.2) is 4.98 Å². The Morgan fingerprint density at radius 3 is 2.77 bits per heavy atom. The lowest BCUT2D eigenvalue weighted by Crippen LogP contribution is -2.36. The maximum atomic E-state index is 12.8. The average molecular weight is 430 g/mol. The molecule has 0 aliphatic carbocycles. The van der Waals surface area contributed by atoms with Gasteiger partial charge in [0.15, 0.2) is 5.78 Å². The van der Waals surface area contributed by atoms with Gasteiger partial charge in [-0.15, -0.1) is 0 Å². The maximum absolute atomic E-state index is 12.8. The lowest BCUT2D eigenvalue weighted by molar-refractivity contribution is -0.119. The second-order valence-corrected chi connectivity index (χ2v) is 9.42. The smallest absolute Gasteiger partial charge is 0.158 e. The fourth-order valence-electron chi connectivity index (χ4n) is 4.48. The molecule has 0 N–H and O–H groups in total. The number of likely N-dealkylation sites (tertiary alicyclic amines) is 1. The molecular formula is C26H27N3OS. The first-order chi connectivity index (χ1) is 15.3. The molecular weight excluding hydrogens is 402 g/mol. The van der Waals surface area contributed by atoms with Crippen molar-refractivity contribution in [3.05, 3.63) is 83.0 Å². The summed E-state index contributed by atoms with van der Waals surface area (Å²) in [5, 5.41) is 1.14. The number of carbonyl (C=O) groups excluding carboxylic acids is 1. The number of ketones is 1. The van der Waals surface area contributed by atoms with Crippen LogP contribution < -0.4 is 0 Å². The van der Waals surface area contributed by atoms with E-state index in [9.17, 15) is 4.79 Å². The van der Waals surface area contributed by atoms with Gasteiger partial charge in [0.1, 0.15) is 5.65 Å². The topological polar surface area (TPSA) is 37.6 Å². The van der Waals surface area contributed by atoms with Crippen LogP contribution in [-0.4, -0.2) is 39.7 Å². The summed E-state index contributed by atoms with van der Waals surface area (Å²) in [4.78, 5) is 20.8. The first-order valence-corrected chi connectivity index (χ1v) is 11.9. The summed E-state index contributed by atoms with van der Waals surface area (Å²) >= 11 is 1.69. The summed E-state index contributed by atoms with van der Waals surface area (Å²) in [5.74, 6) is 0.424. The molecule has 5 heteroatoms. The third-order valence-corrected chi connectivity index (χ3v) is 7.24. The van der Waals surface area contributed by atoms with Crippen molar-refractivity contribution in [1.82, 2.24) is 14.3 Å². The second-order valence-electron chi connectivity index (χ2n) is 8.33. The predicted octanol–water partition coefficient (Wildman–Crippen LogP) is 5.25. The van der Waals surface area contributed by atoms with Gasteiger partial charge in [0, 0.05) is 10.8 Å². The van der Waals surface area contributed by atoms with E-state index in [1.165, 1.54) is 12.0 Å². The van der Waals surface area contributed by atoms with Crippen molar-refractivity contribution in [3.8, 4) is 0 Å². The minimum absolute atomic E-state index is 0.157. The number of aromatic nitrogens is 2. The number of hydrogen-bond acceptors (Lipinski definition) is 4. The van der Waals surface area contributed by atoms with Crippen LogP contribution in [0, 0.1) is 5.92 Å². The van der Waals surface area contributed by atoms with E-state index in [0.717, 1.165) is 60.2 Å². The lowest BCUT2D eigenvalue weighted by atomic mass is 9.92. The van der Waals surface area contributed by atoms with E-state index in [1.54, 1.807) is 17.8 Å². The maximum Gasteiger partial charge on any atom is 0.158 e. The molecule has 158 valence electrons. The summed E-state index contributed by atoms with van der Waals surface area (Å²) < 4.78 is 2.15. The van der Waals surface area contributed by atoms with Gasteiger partial charge in [-0.2, -0.15) is 0 Å². The van der Waals surface area contributed by atoms with Gasteiger partial charge in [0.2, 0.25) is 0 Å². The first-order valence-electron chi connectivity index (χ1n) is 11.1. The van der Waals surface area contributed by atoms with Gasteiger partial charge in [0.25, 0.3) is 0 Å². The van der Waals surface area contributed by atoms with E-state index in [4.69, 9.17) is 0 Å². The molecule has 0 saturated carbocycles. The molecule has 0 atom stereocenters. The monoisotopic (exact) mass is 429 g/mol. The molecule has 5 rings (SSSR count). The first kappa shape index (κ1) is 20.3. The molecule has 0 spiro atoms. The largest absolute Gasteiger partial charge is 0.303 e. The molecule has 31 heavy (non-hydrogen) atoms. The molecule has 2 aliphatic rings. The fourth-order valence-corrected chi connectivity index (χ4v) is 5.48. The van der Waals surface area contributed by atoms with Crippen LogP contribution in [0.3, 0.4) is 0 Å². The summed E-state index contributed by atoms with van der Waals surface area (Å²) in [7, 11) is 0. The highest BCUT2D eigenvalue weighted by Crippen LogP contribution is 2.35. The average Bonchev–Trinajstić information content (AvgIpc) is 3.23. The third-order valence-electron chi connectivity index (χ3n) is 6.22. The number of rotatable bonds is 7. The second kappa shape index (κ2) is 9.25. The molecule has 4 nitrogen and oxygen atoms in total. The molecule has 0 radical (unpaired) electrons. The number of carbonyl (C=O) groups is 1. The molecule has 0 bridgehead atoms. The summed E-state index contributed by atoms with van der Waals surface area (Å²) in [6.45, 7) is 3.17. The summed E-state index contributed by atoms with van der Waals surface area (Å²) in [6, 6.07) is 16.8. The number of benzene rings is 1. The SMILES string of the molecule is O=C(C=CC1=Cc2cnc3cccc(n23)S1)C1CCN(CCCc2ccccc2)CC1. The quantitative estimate of drug-likeness (QED) is 0.481. The highest BCUT2D eigenvalue weighted by atomic mass is 32.2. The lowest BCUT2D eigenvalue weighted by Gasteiger charge is -2.30. The number of imidazole rings is 1. The van der Waals surface area contributed by atoms with Crippen LogP contribution in [0.15, 0.2) is 76.8 Å². The molecule has 2 aliphatic heterocycles. The highest BCUT2D eigenvalue weighted by molar-refractivity contribution is 8.03. The molecule has 1 aromatic carbocycles. The minimum atomic E-state index is 0.157. The molecule has 3 aromatic rings. The zero-order valence-electron chi connectivity index (χ0n) is 17.6. The zero-order valence-corrected chi connectivity index (χ0v) is 18.4. The summed E-state index contributed by atoms with van der Waals surface area (Å²) in [6.07, 6.45) is 12.0. The van der Waals surface area contributed by atoms with Crippen LogP contribution in [0.1, 0.15) is 30.5 Å². The van der Waals surface area contributed by atoms with Crippen molar-refractivity contribution in [3.63, 3.8) is 0 Å². The Hall–Kier alpha value is -2.63. The number of aryl methyl sites for hydroxylation is 1. The Bertz CT molecular complexity index is 1120. The van der Waals surface area contributed by atoms with Gasteiger partial charge in [-0.1, -0.05) is 48.2 Å². The normalized spacial score (nSPS) is 17.4. The number of thioether (sulfide) groups is 1. The standard InChI is InChI=1S/C26H27N3OS/c30-24(12-11-23-18-22-19-27-25-9-4-10-26(31-23)29(22)25)21-13-16-28(17-14-21)15-5-8-20-6-2-1-3-7-20/h1-4,6-7,9-12,18-19,21H,5,8,13-17H2. The molecule has 1 saturated heterocycles. The number of hydrogen-bond donors (Lipinski definition) is 0. The van der Waals surface area contributed by atoms with Gasteiger partial charge in [-0.05, 0) is 81.2 Å². The van der Waals surface area contributed by atoms with Crippen molar-refractivity contribution in [2.45, 2.75) is 30.7 Å². The third kappa shape index (κ3) is 4.68. The Morgan fingerprint density at radius 1 is 1.10 bits per heavy atom. The van der Waals surface area contributed by atoms with Gasteiger partial charge in [-0.3, -0.25) is 9.20 Å². The number of piperidine rings is 1. The van der Waals surface area contributed by atoms with E-state index >= 15 is 0 Å². The van der Waals surface area contributed by atoms with Gasteiger partial charge < -0.3 is 4.90 Å². The Kier molecular flexibility index (Phi) is 6.05. The van der Waals surface area contributed by atoms with E-state index in [2.05, 4.69) is 56.8 Å². The van der Waals surface area contributed by atoms with Crippen molar-refractivity contribution in [2.24, 2.45) is 5.92 Å². The minimum Gasteiger partial charge on any atom is -0.303 e. The van der Waals surface area contributed by atoms with Gasteiger partial charge >= 0.3 is 0 Å². The van der Waals surface area contributed by atoms with Crippen molar-refractivity contribution >= 4 is 29.3 Å². The van der Waals surface area contributed by atoms with Crippen LogP contribution >= 0.6 is 11.8 Å². The van der Waals surface area contributed by atoms with Crippen LogP contribution in [0.2, 0.25) is 0 Å². The van der Waals surface area contributed by atoms with Crippen LogP contribution in [0.5, 0.6) is 0 Å². The molecule has 4 heterocycles. The predicted molar refractivity (Wildman–Crippen MR) is 127 cm³/mol. The van der Waals surface area contributed by atoms with E-state index in [1.807, 2.05) is 24.4 Å². The van der Waals surface area contributed by atoms with Crippen molar-refractivity contribution < 1.29 is 4.79 Å². The molecule has 2 aromatic heterocycles. The van der Waals surface area contributed by atoms with Crippen LogP contribution in [0.25, 0.3) is 11.7 Å². The number of pyridine rings is 1. The van der Waals surface area contributed by atoms with Gasteiger partial charge in [0.05, 0.1) is 16.9 Å².